The van der Waals surface area contributed by atoms with Crippen LogP contribution in [0.1, 0.15) is 6.93 Å². The van der Waals surface area contributed by atoms with Gasteiger partial charge in [0.2, 0.25) is 0 Å². The SMILES string of the molecule is [2H]C1COCCN1CCc1ccccc1. The monoisotopic (exact) mass is 192 g/mol. The van der Waals surface area contributed by atoms with Gasteiger partial charge in [-0.1, -0.05) is 30.3 Å². The number of hydrogen-bond donors (Lipinski definition) is 0. The summed E-state index contributed by atoms with van der Waals surface area (Å²) in [6.07, 6.45) is 1.02. The fourth-order valence-electron chi connectivity index (χ4n) is 1.64. The van der Waals surface area contributed by atoms with Crippen molar-refractivity contribution in [3.63, 3.8) is 0 Å². The molecule has 76 valence electrons. The first-order valence-corrected chi connectivity index (χ1v) is 5.14. The summed E-state index contributed by atoms with van der Waals surface area (Å²) in [6, 6.07) is 10.4. The zero-order chi connectivity index (χ0) is 10.5. The molecule has 14 heavy (non-hydrogen) atoms. The molecule has 1 aliphatic rings. The van der Waals surface area contributed by atoms with E-state index in [4.69, 9.17) is 6.11 Å². The Balaban J connectivity index is 1.82. The first kappa shape index (κ1) is 8.45. The second-order valence-corrected chi connectivity index (χ2v) is 3.53. The van der Waals surface area contributed by atoms with Crippen molar-refractivity contribution >= 4 is 0 Å². The van der Waals surface area contributed by atoms with Gasteiger partial charge in [0.15, 0.2) is 0 Å². The van der Waals surface area contributed by atoms with E-state index >= 15 is 0 Å². The summed E-state index contributed by atoms with van der Waals surface area (Å²) in [5, 5.41) is 0. The molecule has 0 aliphatic carbocycles. The van der Waals surface area contributed by atoms with E-state index in [1.807, 2.05) is 6.07 Å². The van der Waals surface area contributed by atoms with Gasteiger partial charge in [0, 0.05) is 21.0 Å². The van der Waals surface area contributed by atoms with Crippen LogP contribution >= 0.6 is 0 Å². The summed E-state index contributed by atoms with van der Waals surface area (Å²) in [4.78, 5) is 2.18. The number of hydrogen-bond acceptors (Lipinski definition) is 2. The normalized spacial score (nSPS) is 24.6. The predicted molar refractivity (Wildman–Crippen MR) is 57.4 cm³/mol. The van der Waals surface area contributed by atoms with Gasteiger partial charge in [-0.25, -0.2) is 0 Å². The van der Waals surface area contributed by atoms with Crippen LogP contribution in [0.3, 0.4) is 0 Å². The van der Waals surface area contributed by atoms with Crippen molar-refractivity contribution in [3.8, 4) is 0 Å². The smallest absolute Gasteiger partial charge is 0.0594 e. The first-order chi connectivity index (χ1) is 7.36. The molecule has 2 rings (SSSR count). The zero-order valence-corrected chi connectivity index (χ0v) is 8.36. The number of rotatable bonds is 3. The second-order valence-electron chi connectivity index (χ2n) is 3.53. The van der Waals surface area contributed by atoms with Gasteiger partial charge in [-0.2, -0.15) is 0 Å². The zero-order valence-electron chi connectivity index (χ0n) is 9.36. The van der Waals surface area contributed by atoms with Gasteiger partial charge in [0.1, 0.15) is 0 Å². The summed E-state index contributed by atoms with van der Waals surface area (Å²) in [6.45, 7) is 2.99. The topological polar surface area (TPSA) is 12.5 Å². The minimum Gasteiger partial charge on any atom is -0.379 e. The largest absolute Gasteiger partial charge is 0.379 e. The molecule has 1 aromatic carbocycles. The molecular weight excluding hydrogens is 174 g/mol. The van der Waals surface area contributed by atoms with Crippen LogP contribution in [-0.4, -0.2) is 37.7 Å². The van der Waals surface area contributed by atoms with Gasteiger partial charge in [-0.05, 0) is 12.0 Å². The molecule has 1 saturated heterocycles. The molecule has 0 aromatic heterocycles. The van der Waals surface area contributed by atoms with Crippen molar-refractivity contribution in [1.82, 2.24) is 4.90 Å². The third-order valence-corrected chi connectivity index (χ3v) is 2.50. The van der Waals surface area contributed by atoms with E-state index in [9.17, 15) is 0 Å². The van der Waals surface area contributed by atoms with E-state index in [-0.39, 0.29) is 6.52 Å². The Morgan fingerprint density at radius 3 is 2.93 bits per heavy atom. The fourth-order valence-corrected chi connectivity index (χ4v) is 1.64. The van der Waals surface area contributed by atoms with Gasteiger partial charge in [0.25, 0.3) is 0 Å². The van der Waals surface area contributed by atoms with Crippen LogP contribution in [0.5, 0.6) is 0 Å². The number of benzene rings is 1. The number of morpholine rings is 1. The highest BCUT2D eigenvalue weighted by molar-refractivity contribution is 5.14. The van der Waals surface area contributed by atoms with E-state index in [1.165, 1.54) is 5.56 Å². The summed E-state index contributed by atoms with van der Waals surface area (Å²) < 4.78 is 13.0. The van der Waals surface area contributed by atoms with Gasteiger partial charge in [0.05, 0.1) is 13.2 Å². The van der Waals surface area contributed by atoms with Crippen LogP contribution in [0.25, 0.3) is 0 Å². The highest BCUT2D eigenvalue weighted by atomic mass is 16.5. The summed E-state index contributed by atoms with van der Waals surface area (Å²) in [7, 11) is 0. The molecule has 0 amide bonds. The van der Waals surface area contributed by atoms with Crippen LogP contribution in [0, 0.1) is 0 Å². The Morgan fingerprint density at radius 1 is 1.29 bits per heavy atom. The molecule has 1 fully saturated rings. The van der Waals surface area contributed by atoms with E-state index < -0.39 is 0 Å². The van der Waals surface area contributed by atoms with E-state index in [1.54, 1.807) is 0 Å². The molecular formula is C12H17NO. The summed E-state index contributed by atoms with van der Waals surface area (Å²) >= 11 is 0. The highest BCUT2D eigenvalue weighted by Crippen LogP contribution is 2.03. The van der Waals surface area contributed by atoms with Crippen molar-refractivity contribution in [2.24, 2.45) is 0 Å². The standard InChI is InChI=1S/C12H17NO/c1-2-4-12(5-3-1)6-7-13-8-10-14-11-9-13/h1-5H,6-11H2/i8D. The Hall–Kier alpha value is -0.860. The lowest BCUT2D eigenvalue weighted by atomic mass is 10.1. The van der Waals surface area contributed by atoms with E-state index in [0.717, 1.165) is 26.1 Å². The maximum absolute atomic E-state index is 7.80. The minimum atomic E-state index is -0.178. The average molecular weight is 192 g/mol. The molecule has 2 heteroatoms. The predicted octanol–water partition coefficient (Wildman–Crippen LogP) is 1.56. The molecule has 0 N–H and O–H groups in total. The van der Waals surface area contributed by atoms with Crippen LogP contribution in [0.4, 0.5) is 0 Å². The number of nitrogens with zero attached hydrogens (tertiary/aromatic N) is 1. The molecule has 2 nitrogen and oxygen atoms in total. The van der Waals surface area contributed by atoms with Gasteiger partial charge >= 0.3 is 0 Å². The van der Waals surface area contributed by atoms with Crippen molar-refractivity contribution in [2.45, 2.75) is 6.42 Å². The molecule has 0 bridgehead atoms. The number of ether oxygens (including phenoxy) is 1. The fraction of sp³-hybridized carbons (Fsp3) is 0.500. The van der Waals surface area contributed by atoms with Crippen LogP contribution in [-0.2, 0) is 11.2 Å². The van der Waals surface area contributed by atoms with Crippen LogP contribution in [0.2, 0.25) is 0 Å². The highest BCUT2D eigenvalue weighted by Gasteiger charge is 2.09. The Morgan fingerprint density at radius 2 is 2.14 bits per heavy atom. The van der Waals surface area contributed by atoms with Gasteiger partial charge in [-0.15, -0.1) is 0 Å². The Labute approximate surface area is 86.9 Å². The minimum absolute atomic E-state index is 0.178. The van der Waals surface area contributed by atoms with Gasteiger partial charge in [-0.3, -0.25) is 4.90 Å². The molecule has 1 unspecified atom stereocenters. The van der Waals surface area contributed by atoms with Crippen molar-refractivity contribution < 1.29 is 6.11 Å². The van der Waals surface area contributed by atoms with Crippen LogP contribution in [0.15, 0.2) is 30.3 Å². The lowest BCUT2D eigenvalue weighted by Crippen LogP contribution is -2.37. The van der Waals surface area contributed by atoms with Gasteiger partial charge < -0.3 is 4.74 Å². The Kier molecular flexibility index (Phi) is 3.09. The molecule has 0 spiro atoms. The van der Waals surface area contributed by atoms with E-state index in [2.05, 4.69) is 29.2 Å². The van der Waals surface area contributed by atoms with Crippen molar-refractivity contribution in [3.05, 3.63) is 35.9 Å². The average Bonchev–Trinajstić information content (AvgIpc) is 2.29. The van der Waals surface area contributed by atoms with E-state index in [0.29, 0.717) is 6.61 Å². The third-order valence-electron chi connectivity index (χ3n) is 2.50. The molecule has 0 saturated carbocycles. The lowest BCUT2D eigenvalue weighted by Gasteiger charge is -2.26. The molecule has 1 atom stereocenters. The summed E-state index contributed by atoms with van der Waals surface area (Å²) in [5.74, 6) is 0. The Bertz CT molecular complexity index is 291. The maximum atomic E-state index is 7.80. The summed E-state index contributed by atoms with van der Waals surface area (Å²) in [5.41, 5.74) is 1.34. The van der Waals surface area contributed by atoms with Crippen molar-refractivity contribution in [2.75, 3.05) is 32.8 Å². The molecule has 1 aliphatic heterocycles. The quantitative estimate of drug-likeness (QED) is 0.720. The first-order valence-electron chi connectivity index (χ1n) is 5.72. The third kappa shape index (κ3) is 2.82. The maximum Gasteiger partial charge on any atom is 0.0594 e. The van der Waals surface area contributed by atoms with Crippen LogP contribution < -0.4 is 0 Å². The molecule has 1 aromatic rings. The molecule has 1 heterocycles. The molecule has 0 radical (unpaired) electrons. The second kappa shape index (κ2) is 5.13. The van der Waals surface area contributed by atoms with Crippen molar-refractivity contribution in [1.29, 1.82) is 0 Å². The lowest BCUT2D eigenvalue weighted by molar-refractivity contribution is 0.0384.